The third kappa shape index (κ3) is 4.06. The van der Waals surface area contributed by atoms with Crippen molar-refractivity contribution in [2.75, 3.05) is 10.6 Å². The average Bonchev–Trinajstić information content (AvgIpc) is 2.46. The molecule has 0 bridgehead atoms. The summed E-state index contributed by atoms with van der Waals surface area (Å²) < 4.78 is 0. The summed E-state index contributed by atoms with van der Waals surface area (Å²) in [6, 6.07) is 7.04. The molecule has 0 aliphatic carbocycles. The van der Waals surface area contributed by atoms with E-state index in [-0.39, 0.29) is 11.8 Å². The third-order valence-corrected chi connectivity index (χ3v) is 3.44. The molecule has 1 aromatic rings. The van der Waals surface area contributed by atoms with Crippen LogP contribution in [0.1, 0.15) is 40.0 Å². The van der Waals surface area contributed by atoms with Crippen molar-refractivity contribution in [3.05, 3.63) is 24.3 Å². The SMILES string of the molecule is CCC(=O)Nc1cccc(NC(=O)C(N)(CC)CC)c1. The van der Waals surface area contributed by atoms with Gasteiger partial charge in [-0.1, -0.05) is 26.8 Å². The highest BCUT2D eigenvalue weighted by Gasteiger charge is 2.29. The third-order valence-electron chi connectivity index (χ3n) is 3.44. The van der Waals surface area contributed by atoms with Gasteiger partial charge in [0, 0.05) is 17.8 Å². The van der Waals surface area contributed by atoms with Gasteiger partial charge in [0.15, 0.2) is 0 Å². The van der Waals surface area contributed by atoms with Crippen molar-refractivity contribution in [2.45, 2.75) is 45.6 Å². The Morgan fingerprint density at radius 3 is 2.15 bits per heavy atom. The van der Waals surface area contributed by atoms with Crippen LogP contribution in [-0.4, -0.2) is 17.4 Å². The molecule has 110 valence electrons. The second-order valence-electron chi connectivity index (χ2n) is 4.80. The highest BCUT2D eigenvalue weighted by molar-refractivity contribution is 5.98. The second-order valence-corrected chi connectivity index (χ2v) is 4.80. The summed E-state index contributed by atoms with van der Waals surface area (Å²) in [4.78, 5) is 23.5. The Labute approximate surface area is 119 Å². The van der Waals surface area contributed by atoms with Gasteiger partial charge in [0.1, 0.15) is 0 Å². The molecular weight excluding hydrogens is 254 g/mol. The summed E-state index contributed by atoms with van der Waals surface area (Å²) in [5.74, 6) is -0.273. The number of carbonyl (C=O) groups is 2. The smallest absolute Gasteiger partial charge is 0.244 e. The summed E-state index contributed by atoms with van der Waals surface area (Å²) in [5.41, 5.74) is 6.47. The van der Waals surface area contributed by atoms with Crippen LogP contribution >= 0.6 is 0 Å². The molecule has 0 saturated carbocycles. The number of anilines is 2. The van der Waals surface area contributed by atoms with E-state index in [0.29, 0.717) is 30.6 Å². The Bertz CT molecular complexity index is 482. The van der Waals surface area contributed by atoms with Crippen LogP contribution in [0.3, 0.4) is 0 Å². The molecule has 0 unspecified atom stereocenters. The molecule has 4 N–H and O–H groups in total. The molecule has 0 fully saturated rings. The van der Waals surface area contributed by atoms with Crippen molar-refractivity contribution in [1.82, 2.24) is 0 Å². The fourth-order valence-electron chi connectivity index (χ4n) is 1.75. The van der Waals surface area contributed by atoms with Crippen LogP contribution in [0.2, 0.25) is 0 Å². The minimum Gasteiger partial charge on any atom is -0.326 e. The summed E-state index contributed by atoms with van der Waals surface area (Å²) >= 11 is 0. The summed E-state index contributed by atoms with van der Waals surface area (Å²) in [5, 5.41) is 5.55. The molecular formula is C15H23N3O2. The van der Waals surface area contributed by atoms with Gasteiger partial charge in [0.2, 0.25) is 11.8 Å². The molecule has 0 spiro atoms. The van der Waals surface area contributed by atoms with Gasteiger partial charge < -0.3 is 16.4 Å². The van der Waals surface area contributed by atoms with Crippen molar-refractivity contribution in [3.63, 3.8) is 0 Å². The highest BCUT2D eigenvalue weighted by Crippen LogP contribution is 2.19. The number of nitrogens with one attached hydrogen (secondary N) is 2. The lowest BCUT2D eigenvalue weighted by molar-refractivity contribution is -0.121. The molecule has 2 amide bonds. The van der Waals surface area contributed by atoms with E-state index < -0.39 is 5.54 Å². The lowest BCUT2D eigenvalue weighted by atomic mass is 9.93. The van der Waals surface area contributed by atoms with E-state index in [9.17, 15) is 9.59 Å². The molecule has 0 atom stereocenters. The number of benzene rings is 1. The maximum absolute atomic E-state index is 12.2. The number of nitrogens with two attached hydrogens (primary N) is 1. The van der Waals surface area contributed by atoms with Gasteiger partial charge in [-0.3, -0.25) is 9.59 Å². The first-order valence-electron chi connectivity index (χ1n) is 6.95. The van der Waals surface area contributed by atoms with Gasteiger partial charge in [-0.2, -0.15) is 0 Å². The monoisotopic (exact) mass is 277 g/mol. The van der Waals surface area contributed by atoms with Gasteiger partial charge >= 0.3 is 0 Å². The summed E-state index contributed by atoms with van der Waals surface area (Å²) in [6.45, 7) is 5.56. The van der Waals surface area contributed by atoms with E-state index in [1.54, 1.807) is 31.2 Å². The zero-order valence-corrected chi connectivity index (χ0v) is 12.3. The zero-order chi connectivity index (χ0) is 15.2. The van der Waals surface area contributed by atoms with Crippen molar-refractivity contribution in [1.29, 1.82) is 0 Å². The lowest BCUT2D eigenvalue weighted by Gasteiger charge is -2.25. The number of hydrogen-bond acceptors (Lipinski definition) is 3. The van der Waals surface area contributed by atoms with E-state index in [1.807, 2.05) is 13.8 Å². The van der Waals surface area contributed by atoms with E-state index in [0.717, 1.165) is 0 Å². The molecule has 1 aromatic carbocycles. The number of hydrogen-bond donors (Lipinski definition) is 3. The van der Waals surface area contributed by atoms with Crippen LogP contribution < -0.4 is 16.4 Å². The Morgan fingerprint density at radius 2 is 1.65 bits per heavy atom. The standard InChI is InChI=1S/C15H23N3O2/c1-4-13(19)17-11-8-7-9-12(10-11)18-14(20)15(16,5-2)6-3/h7-10H,4-6,16H2,1-3H3,(H,17,19)(H,18,20). The minimum absolute atomic E-state index is 0.0660. The van der Waals surface area contributed by atoms with Gasteiger partial charge in [-0.25, -0.2) is 0 Å². The molecule has 0 heterocycles. The van der Waals surface area contributed by atoms with Gasteiger partial charge in [-0.05, 0) is 31.0 Å². The van der Waals surface area contributed by atoms with Crippen LogP contribution in [-0.2, 0) is 9.59 Å². The Balaban J connectivity index is 2.80. The first kappa shape index (κ1) is 16.2. The first-order chi connectivity index (χ1) is 9.45. The van der Waals surface area contributed by atoms with Gasteiger partial charge in [0.25, 0.3) is 0 Å². The van der Waals surface area contributed by atoms with Crippen LogP contribution in [0.4, 0.5) is 11.4 Å². The van der Waals surface area contributed by atoms with E-state index in [2.05, 4.69) is 10.6 Å². The maximum Gasteiger partial charge on any atom is 0.244 e. The van der Waals surface area contributed by atoms with Gasteiger partial charge in [0.05, 0.1) is 5.54 Å². The number of carbonyl (C=O) groups excluding carboxylic acids is 2. The molecule has 0 radical (unpaired) electrons. The van der Waals surface area contributed by atoms with Crippen molar-refractivity contribution in [3.8, 4) is 0 Å². The highest BCUT2D eigenvalue weighted by atomic mass is 16.2. The molecule has 0 saturated heterocycles. The van der Waals surface area contributed by atoms with Crippen LogP contribution in [0.5, 0.6) is 0 Å². The zero-order valence-electron chi connectivity index (χ0n) is 12.3. The summed E-state index contributed by atoms with van der Waals surface area (Å²) in [7, 11) is 0. The molecule has 0 aliphatic heterocycles. The van der Waals surface area contributed by atoms with Crippen LogP contribution in [0.15, 0.2) is 24.3 Å². The van der Waals surface area contributed by atoms with E-state index in [4.69, 9.17) is 5.73 Å². The van der Waals surface area contributed by atoms with Gasteiger partial charge in [-0.15, -0.1) is 0 Å². The topological polar surface area (TPSA) is 84.2 Å². The molecule has 5 heteroatoms. The molecule has 20 heavy (non-hydrogen) atoms. The van der Waals surface area contributed by atoms with E-state index in [1.165, 1.54) is 0 Å². The first-order valence-corrected chi connectivity index (χ1v) is 6.95. The van der Waals surface area contributed by atoms with Crippen molar-refractivity contribution in [2.24, 2.45) is 5.73 Å². The number of amides is 2. The average molecular weight is 277 g/mol. The Hall–Kier alpha value is -1.88. The van der Waals surface area contributed by atoms with Crippen molar-refractivity contribution >= 4 is 23.2 Å². The molecule has 0 aliphatic rings. The fraction of sp³-hybridized carbons (Fsp3) is 0.467. The molecule has 1 rings (SSSR count). The second kappa shape index (κ2) is 7.05. The Kier molecular flexibility index (Phi) is 5.70. The Morgan fingerprint density at radius 1 is 1.10 bits per heavy atom. The maximum atomic E-state index is 12.2. The predicted molar refractivity (Wildman–Crippen MR) is 81.5 cm³/mol. The predicted octanol–water partition coefficient (Wildman–Crippen LogP) is 2.49. The van der Waals surface area contributed by atoms with Crippen molar-refractivity contribution < 1.29 is 9.59 Å². The summed E-state index contributed by atoms with van der Waals surface area (Å²) in [6.07, 6.45) is 1.55. The normalized spacial score (nSPS) is 11.0. The number of rotatable bonds is 6. The fourth-order valence-corrected chi connectivity index (χ4v) is 1.75. The quantitative estimate of drug-likeness (QED) is 0.747. The van der Waals surface area contributed by atoms with Crippen LogP contribution in [0, 0.1) is 0 Å². The molecule has 0 aromatic heterocycles. The molecule has 5 nitrogen and oxygen atoms in total. The lowest BCUT2D eigenvalue weighted by Crippen LogP contribution is -2.50. The minimum atomic E-state index is -0.858. The van der Waals surface area contributed by atoms with E-state index >= 15 is 0 Å². The van der Waals surface area contributed by atoms with Crippen LogP contribution in [0.25, 0.3) is 0 Å². The largest absolute Gasteiger partial charge is 0.326 e.